The minimum Gasteiger partial charge on any atom is -0.493 e. The Morgan fingerprint density at radius 1 is 1.20 bits per heavy atom. The molecule has 0 unspecified atom stereocenters. The average Bonchev–Trinajstić information content (AvgIpc) is 3.13. The van der Waals surface area contributed by atoms with Gasteiger partial charge < -0.3 is 10.1 Å². The number of hydrogen-bond donors (Lipinski definition) is 1. The van der Waals surface area contributed by atoms with E-state index in [0.29, 0.717) is 12.2 Å². The molecule has 1 aromatic heterocycles. The fraction of sp³-hybridized carbons (Fsp3) is 0.250. The van der Waals surface area contributed by atoms with Crippen LogP contribution in [0.15, 0.2) is 58.0 Å². The van der Waals surface area contributed by atoms with Crippen molar-refractivity contribution in [1.82, 2.24) is 0 Å². The molecule has 4 rings (SSSR count). The molecule has 1 N–H and O–H groups in total. The van der Waals surface area contributed by atoms with Crippen LogP contribution < -0.4 is 10.1 Å². The third kappa shape index (κ3) is 4.65. The Kier molecular flexibility index (Phi) is 6.65. The van der Waals surface area contributed by atoms with E-state index in [4.69, 9.17) is 9.73 Å². The summed E-state index contributed by atoms with van der Waals surface area (Å²) in [4.78, 5) is 19.2. The lowest BCUT2D eigenvalue weighted by Gasteiger charge is -2.12. The van der Waals surface area contributed by atoms with Crippen molar-refractivity contribution in [2.45, 2.75) is 32.6 Å². The first-order valence-corrected chi connectivity index (χ1v) is 11.7. The third-order valence-electron chi connectivity index (χ3n) is 5.00. The molecule has 154 valence electrons. The molecule has 0 fully saturated rings. The number of rotatable bonds is 6. The van der Waals surface area contributed by atoms with Gasteiger partial charge in [-0.1, -0.05) is 34.1 Å². The van der Waals surface area contributed by atoms with E-state index in [1.165, 1.54) is 4.88 Å². The molecule has 30 heavy (non-hydrogen) atoms. The monoisotopic (exact) mass is 482 g/mol. The quantitative estimate of drug-likeness (QED) is 0.393. The first-order valence-electron chi connectivity index (χ1n) is 10.1. The number of thiophene rings is 1. The van der Waals surface area contributed by atoms with Gasteiger partial charge >= 0.3 is 0 Å². The van der Waals surface area contributed by atoms with Crippen molar-refractivity contribution in [3.63, 3.8) is 0 Å². The molecule has 1 amide bonds. The number of carbonyl (C=O) groups excluding carboxylic acids is 1. The SMILES string of the molecule is CCOc1ccc(Br)cc1C=Nc1sc2c(c1C(=O)Nc1ccccc1)CCCC2. The van der Waals surface area contributed by atoms with Crippen molar-refractivity contribution in [1.29, 1.82) is 0 Å². The number of fused-ring (bicyclic) bond motifs is 1. The van der Waals surface area contributed by atoms with Crippen molar-refractivity contribution in [2.24, 2.45) is 4.99 Å². The van der Waals surface area contributed by atoms with Crippen LogP contribution in [0.4, 0.5) is 10.7 Å². The number of ether oxygens (including phenoxy) is 1. The van der Waals surface area contributed by atoms with E-state index in [-0.39, 0.29) is 5.91 Å². The normalized spacial score (nSPS) is 13.3. The number of amides is 1. The van der Waals surface area contributed by atoms with Crippen molar-refractivity contribution in [3.05, 3.63) is 74.6 Å². The maximum atomic E-state index is 13.2. The van der Waals surface area contributed by atoms with E-state index < -0.39 is 0 Å². The Morgan fingerprint density at radius 3 is 2.80 bits per heavy atom. The molecule has 6 heteroatoms. The van der Waals surface area contributed by atoms with E-state index in [0.717, 1.165) is 57.7 Å². The van der Waals surface area contributed by atoms with Crippen LogP contribution in [0.25, 0.3) is 0 Å². The molecule has 2 aromatic carbocycles. The van der Waals surface area contributed by atoms with Crippen molar-refractivity contribution < 1.29 is 9.53 Å². The van der Waals surface area contributed by atoms with Crippen LogP contribution in [-0.2, 0) is 12.8 Å². The minimum atomic E-state index is -0.0907. The summed E-state index contributed by atoms with van der Waals surface area (Å²) in [5, 5.41) is 3.80. The van der Waals surface area contributed by atoms with Crippen LogP contribution in [0.1, 0.15) is 46.1 Å². The summed E-state index contributed by atoms with van der Waals surface area (Å²) in [6.07, 6.45) is 6.02. The Balaban J connectivity index is 1.70. The number of anilines is 1. The van der Waals surface area contributed by atoms with Crippen LogP contribution in [0.3, 0.4) is 0 Å². The van der Waals surface area contributed by atoms with Gasteiger partial charge in [-0.25, -0.2) is 4.99 Å². The number of aliphatic imine (C=N–C) groups is 1. The number of nitrogens with zero attached hydrogens (tertiary/aromatic N) is 1. The topological polar surface area (TPSA) is 50.7 Å². The van der Waals surface area contributed by atoms with E-state index in [9.17, 15) is 4.79 Å². The van der Waals surface area contributed by atoms with E-state index in [1.807, 2.05) is 55.5 Å². The zero-order chi connectivity index (χ0) is 20.9. The molecule has 0 atom stereocenters. The van der Waals surface area contributed by atoms with Crippen molar-refractivity contribution >= 4 is 50.1 Å². The second kappa shape index (κ2) is 9.58. The van der Waals surface area contributed by atoms with Crippen LogP contribution in [0.2, 0.25) is 0 Å². The van der Waals surface area contributed by atoms with Crippen LogP contribution in [-0.4, -0.2) is 18.7 Å². The maximum Gasteiger partial charge on any atom is 0.259 e. The number of nitrogens with one attached hydrogen (secondary N) is 1. The molecule has 0 spiro atoms. The summed E-state index contributed by atoms with van der Waals surface area (Å²) >= 11 is 5.15. The first kappa shape index (κ1) is 20.8. The lowest BCUT2D eigenvalue weighted by Crippen LogP contribution is -2.14. The second-order valence-corrected chi connectivity index (χ2v) is 9.08. The highest BCUT2D eigenvalue weighted by Gasteiger charge is 2.25. The summed E-state index contributed by atoms with van der Waals surface area (Å²) in [7, 11) is 0. The molecule has 0 aliphatic heterocycles. The first-order chi connectivity index (χ1) is 14.7. The predicted molar refractivity (Wildman–Crippen MR) is 128 cm³/mol. The number of benzene rings is 2. The maximum absolute atomic E-state index is 13.2. The van der Waals surface area contributed by atoms with Gasteiger partial charge in [0.15, 0.2) is 0 Å². The summed E-state index contributed by atoms with van der Waals surface area (Å²) in [6.45, 7) is 2.54. The van der Waals surface area contributed by atoms with Crippen LogP contribution in [0, 0.1) is 0 Å². The Morgan fingerprint density at radius 2 is 2.00 bits per heavy atom. The number of halogens is 1. The zero-order valence-electron chi connectivity index (χ0n) is 16.8. The van der Waals surface area contributed by atoms with Crippen molar-refractivity contribution in [2.75, 3.05) is 11.9 Å². The van der Waals surface area contributed by atoms with Gasteiger partial charge in [0.05, 0.1) is 12.2 Å². The molecular weight excluding hydrogens is 460 g/mol. The van der Waals surface area contributed by atoms with E-state index >= 15 is 0 Å². The highest BCUT2D eigenvalue weighted by Crippen LogP contribution is 2.40. The van der Waals surface area contributed by atoms with Crippen LogP contribution in [0.5, 0.6) is 5.75 Å². The highest BCUT2D eigenvalue weighted by molar-refractivity contribution is 9.10. The molecule has 3 aromatic rings. The lowest BCUT2D eigenvalue weighted by molar-refractivity contribution is 0.102. The van der Waals surface area contributed by atoms with Crippen LogP contribution >= 0.6 is 27.3 Å². The lowest BCUT2D eigenvalue weighted by atomic mass is 9.95. The van der Waals surface area contributed by atoms with Gasteiger partial charge in [0.25, 0.3) is 5.91 Å². The standard InChI is InChI=1S/C24H23BrN2O2S/c1-2-29-20-13-12-17(25)14-16(20)15-26-24-22(19-10-6-7-11-21(19)30-24)23(28)27-18-8-4-3-5-9-18/h3-5,8-9,12-15H,2,6-7,10-11H2,1H3,(H,27,28). The fourth-order valence-corrected chi connectivity index (χ4v) is 5.24. The number of carbonyl (C=O) groups is 1. The number of aryl methyl sites for hydroxylation is 1. The van der Waals surface area contributed by atoms with Crippen molar-refractivity contribution in [3.8, 4) is 5.75 Å². The molecule has 1 heterocycles. The van der Waals surface area contributed by atoms with Gasteiger partial charge in [0, 0.05) is 26.8 Å². The summed E-state index contributed by atoms with van der Waals surface area (Å²) in [5.41, 5.74) is 3.54. The molecular formula is C24H23BrN2O2S. The molecule has 0 radical (unpaired) electrons. The molecule has 0 bridgehead atoms. The smallest absolute Gasteiger partial charge is 0.259 e. The van der Waals surface area contributed by atoms with Gasteiger partial charge in [0.2, 0.25) is 0 Å². The average molecular weight is 483 g/mol. The Bertz CT molecular complexity index is 1080. The second-order valence-electron chi connectivity index (χ2n) is 7.08. The number of para-hydroxylation sites is 1. The van der Waals surface area contributed by atoms with Gasteiger partial charge in [0.1, 0.15) is 10.8 Å². The summed E-state index contributed by atoms with van der Waals surface area (Å²) in [6, 6.07) is 15.4. The summed E-state index contributed by atoms with van der Waals surface area (Å²) in [5.74, 6) is 0.688. The molecule has 1 aliphatic rings. The van der Waals surface area contributed by atoms with Gasteiger partial charge in [-0.3, -0.25) is 4.79 Å². The van der Waals surface area contributed by atoms with Gasteiger partial charge in [-0.05, 0) is 68.5 Å². The molecule has 1 aliphatic carbocycles. The largest absolute Gasteiger partial charge is 0.493 e. The Hall–Kier alpha value is -2.44. The Labute approximate surface area is 189 Å². The number of hydrogen-bond acceptors (Lipinski definition) is 4. The highest BCUT2D eigenvalue weighted by atomic mass is 79.9. The fourth-order valence-electron chi connectivity index (χ4n) is 3.63. The third-order valence-corrected chi connectivity index (χ3v) is 6.70. The molecule has 4 nitrogen and oxygen atoms in total. The van der Waals surface area contributed by atoms with E-state index in [2.05, 4.69) is 21.2 Å². The van der Waals surface area contributed by atoms with Gasteiger partial charge in [-0.15, -0.1) is 11.3 Å². The summed E-state index contributed by atoms with van der Waals surface area (Å²) < 4.78 is 6.69. The zero-order valence-corrected chi connectivity index (χ0v) is 19.2. The minimum absolute atomic E-state index is 0.0907. The van der Waals surface area contributed by atoms with Gasteiger partial charge in [-0.2, -0.15) is 0 Å². The van der Waals surface area contributed by atoms with E-state index in [1.54, 1.807) is 17.6 Å². The molecule has 0 saturated carbocycles. The molecule has 0 saturated heterocycles. The predicted octanol–water partition coefficient (Wildman–Crippen LogP) is 6.79.